The minimum absolute atomic E-state index is 0.0173. The first-order chi connectivity index (χ1) is 15.2. The first kappa shape index (κ1) is 23.2. The Labute approximate surface area is 186 Å². The topological polar surface area (TPSA) is 108 Å². The maximum absolute atomic E-state index is 12.3. The molecular formula is C25H28N2O5. The van der Waals surface area contributed by atoms with Crippen LogP contribution in [0.3, 0.4) is 0 Å². The standard InChI is InChI=1S/C25H28N2O5/c1-4-32-25(2,3)12-11-23(29)26-15-16-5-7-17(8-6-16)18-9-10-20-19(13-18)22(28)14-21(27-20)24(30)31/h5-10,13-14H,4,11-12,15H2,1-3H3,(H,26,29)(H,27,28)(H,30,31). The second kappa shape index (κ2) is 9.78. The molecule has 0 atom stereocenters. The van der Waals surface area contributed by atoms with Crippen LogP contribution in [0.1, 0.15) is 49.7 Å². The Bertz CT molecular complexity index is 1180. The summed E-state index contributed by atoms with van der Waals surface area (Å²) in [7, 11) is 0. The first-order valence-electron chi connectivity index (χ1n) is 10.6. The summed E-state index contributed by atoms with van der Waals surface area (Å²) in [6.07, 6.45) is 1.06. The van der Waals surface area contributed by atoms with Gasteiger partial charge in [-0.25, -0.2) is 4.79 Å². The lowest BCUT2D eigenvalue weighted by molar-refractivity contribution is -0.123. The number of fused-ring (bicyclic) bond motifs is 1. The van der Waals surface area contributed by atoms with Gasteiger partial charge in [-0.05, 0) is 56.0 Å². The van der Waals surface area contributed by atoms with E-state index in [9.17, 15) is 14.4 Å². The van der Waals surface area contributed by atoms with E-state index in [0.717, 1.165) is 22.8 Å². The molecule has 0 aliphatic carbocycles. The van der Waals surface area contributed by atoms with Gasteiger partial charge < -0.3 is 20.1 Å². The molecule has 1 heterocycles. The molecule has 168 valence electrons. The number of hydrogen-bond acceptors (Lipinski definition) is 4. The molecule has 2 aromatic carbocycles. The number of amides is 1. The van der Waals surface area contributed by atoms with Crippen LogP contribution in [0.15, 0.2) is 53.3 Å². The van der Waals surface area contributed by atoms with E-state index in [4.69, 9.17) is 9.84 Å². The Hall–Kier alpha value is -3.45. The van der Waals surface area contributed by atoms with E-state index < -0.39 is 5.97 Å². The third kappa shape index (κ3) is 5.82. The largest absolute Gasteiger partial charge is 0.477 e. The van der Waals surface area contributed by atoms with Crippen molar-refractivity contribution in [2.24, 2.45) is 0 Å². The average molecular weight is 437 g/mol. The zero-order valence-electron chi connectivity index (χ0n) is 18.5. The van der Waals surface area contributed by atoms with Crippen LogP contribution in [0.2, 0.25) is 0 Å². The summed E-state index contributed by atoms with van der Waals surface area (Å²) in [4.78, 5) is 38.3. The first-order valence-corrected chi connectivity index (χ1v) is 10.6. The number of carbonyl (C=O) groups is 2. The molecule has 0 bridgehead atoms. The predicted molar refractivity (Wildman–Crippen MR) is 124 cm³/mol. The highest BCUT2D eigenvalue weighted by atomic mass is 16.5. The minimum atomic E-state index is -1.17. The van der Waals surface area contributed by atoms with Gasteiger partial charge in [0.05, 0.1) is 5.60 Å². The molecule has 0 saturated carbocycles. The van der Waals surface area contributed by atoms with Gasteiger partial charge in [0.2, 0.25) is 5.91 Å². The molecule has 32 heavy (non-hydrogen) atoms. The number of carbonyl (C=O) groups excluding carboxylic acids is 1. The van der Waals surface area contributed by atoms with Crippen LogP contribution in [0.4, 0.5) is 0 Å². The maximum Gasteiger partial charge on any atom is 0.352 e. The van der Waals surface area contributed by atoms with Crippen molar-refractivity contribution in [1.82, 2.24) is 10.3 Å². The van der Waals surface area contributed by atoms with E-state index in [2.05, 4.69) is 10.3 Å². The van der Waals surface area contributed by atoms with Crippen LogP contribution in [0, 0.1) is 0 Å². The van der Waals surface area contributed by atoms with E-state index in [1.165, 1.54) is 0 Å². The summed E-state index contributed by atoms with van der Waals surface area (Å²) in [5.41, 5.74) is 2.42. The molecular weight excluding hydrogens is 408 g/mol. The highest BCUT2D eigenvalue weighted by Crippen LogP contribution is 2.23. The number of rotatable bonds is 9. The summed E-state index contributed by atoms with van der Waals surface area (Å²) in [5, 5.41) is 12.5. The molecule has 0 saturated heterocycles. The van der Waals surface area contributed by atoms with E-state index in [-0.39, 0.29) is 22.6 Å². The van der Waals surface area contributed by atoms with Crippen molar-refractivity contribution in [3.8, 4) is 11.1 Å². The number of aromatic nitrogens is 1. The number of ether oxygens (including phenoxy) is 1. The van der Waals surface area contributed by atoms with Crippen LogP contribution in [-0.4, -0.2) is 34.2 Å². The fourth-order valence-electron chi connectivity index (χ4n) is 3.52. The van der Waals surface area contributed by atoms with Gasteiger partial charge in [-0.15, -0.1) is 0 Å². The quantitative estimate of drug-likeness (QED) is 0.468. The third-order valence-electron chi connectivity index (χ3n) is 5.33. The SMILES string of the molecule is CCOC(C)(C)CCC(=O)NCc1ccc(-c2ccc3[nH]c(C(=O)O)cc(=O)c3c2)cc1. The Kier molecular flexibility index (Phi) is 7.10. The number of carboxylic acid groups (broad SMARTS) is 1. The lowest BCUT2D eigenvalue weighted by Gasteiger charge is -2.24. The van der Waals surface area contributed by atoms with Crippen molar-refractivity contribution in [3.05, 3.63) is 70.0 Å². The fourth-order valence-corrected chi connectivity index (χ4v) is 3.52. The fraction of sp³-hybridized carbons (Fsp3) is 0.320. The summed E-state index contributed by atoms with van der Waals surface area (Å²) in [6, 6.07) is 14.1. The molecule has 0 unspecified atom stereocenters. The average Bonchev–Trinajstić information content (AvgIpc) is 2.76. The van der Waals surface area contributed by atoms with E-state index in [0.29, 0.717) is 36.9 Å². The number of pyridine rings is 1. The maximum atomic E-state index is 12.3. The number of hydrogen-bond donors (Lipinski definition) is 3. The molecule has 3 N–H and O–H groups in total. The van der Waals surface area contributed by atoms with Gasteiger partial charge in [-0.1, -0.05) is 30.3 Å². The van der Waals surface area contributed by atoms with Crippen LogP contribution in [0.25, 0.3) is 22.0 Å². The molecule has 0 aliphatic rings. The molecule has 7 nitrogen and oxygen atoms in total. The van der Waals surface area contributed by atoms with Gasteiger partial charge in [0.1, 0.15) is 5.69 Å². The molecule has 0 aliphatic heterocycles. The van der Waals surface area contributed by atoms with Crippen LogP contribution >= 0.6 is 0 Å². The van der Waals surface area contributed by atoms with E-state index in [1.807, 2.05) is 51.1 Å². The summed E-state index contributed by atoms with van der Waals surface area (Å²) < 4.78 is 5.62. The number of aromatic carboxylic acids is 1. The van der Waals surface area contributed by atoms with Crippen molar-refractivity contribution < 1.29 is 19.4 Å². The molecule has 1 aromatic heterocycles. The summed E-state index contributed by atoms with van der Waals surface area (Å²) in [5.74, 6) is -1.19. The summed E-state index contributed by atoms with van der Waals surface area (Å²) in [6.45, 7) is 6.96. The zero-order valence-corrected chi connectivity index (χ0v) is 18.5. The van der Waals surface area contributed by atoms with Gasteiger partial charge in [0.25, 0.3) is 0 Å². The lowest BCUT2D eigenvalue weighted by Crippen LogP contribution is -2.29. The third-order valence-corrected chi connectivity index (χ3v) is 5.33. The second-order valence-electron chi connectivity index (χ2n) is 8.28. The minimum Gasteiger partial charge on any atom is -0.477 e. The number of benzene rings is 2. The molecule has 1 amide bonds. The van der Waals surface area contributed by atoms with Gasteiger partial charge in [0, 0.05) is 36.5 Å². The zero-order chi connectivity index (χ0) is 23.3. The number of carboxylic acids is 1. The number of nitrogens with one attached hydrogen (secondary N) is 2. The Balaban J connectivity index is 1.65. The monoisotopic (exact) mass is 436 g/mol. The lowest BCUT2D eigenvalue weighted by atomic mass is 10.0. The molecule has 0 spiro atoms. The number of H-pyrrole nitrogens is 1. The van der Waals surface area contributed by atoms with E-state index in [1.54, 1.807) is 12.1 Å². The molecule has 3 rings (SSSR count). The molecule has 3 aromatic rings. The van der Waals surface area contributed by atoms with Crippen molar-refractivity contribution in [2.75, 3.05) is 6.61 Å². The Morgan fingerprint density at radius 2 is 1.75 bits per heavy atom. The highest BCUT2D eigenvalue weighted by Gasteiger charge is 2.19. The van der Waals surface area contributed by atoms with Gasteiger partial charge >= 0.3 is 5.97 Å². The van der Waals surface area contributed by atoms with Crippen molar-refractivity contribution in [3.63, 3.8) is 0 Å². The van der Waals surface area contributed by atoms with Gasteiger partial charge in [-0.3, -0.25) is 9.59 Å². The predicted octanol–water partition coefficient (Wildman–Crippen LogP) is 4.10. The normalized spacial score (nSPS) is 11.5. The second-order valence-corrected chi connectivity index (χ2v) is 8.28. The van der Waals surface area contributed by atoms with Crippen molar-refractivity contribution >= 4 is 22.8 Å². The van der Waals surface area contributed by atoms with E-state index >= 15 is 0 Å². The smallest absolute Gasteiger partial charge is 0.352 e. The Morgan fingerprint density at radius 1 is 1.06 bits per heavy atom. The molecule has 7 heteroatoms. The summed E-state index contributed by atoms with van der Waals surface area (Å²) >= 11 is 0. The molecule has 0 fully saturated rings. The number of aromatic amines is 1. The van der Waals surface area contributed by atoms with Crippen LogP contribution < -0.4 is 10.7 Å². The van der Waals surface area contributed by atoms with Crippen LogP contribution in [-0.2, 0) is 16.1 Å². The van der Waals surface area contributed by atoms with Gasteiger partial charge in [0.15, 0.2) is 5.43 Å². The Morgan fingerprint density at radius 3 is 2.41 bits per heavy atom. The van der Waals surface area contributed by atoms with Crippen molar-refractivity contribution in [1.29, 1.82) is 0 Å². The highest BCUT2D eigenvalue weighted by molar-refractivity contribution is 5.91. The van der Waals surface area contributed by atoms with Gasteiger partial charge in [-0.2, -0.15) is 0 Å². The van der Waals surface area contributed by atoms with Crippen LogP contribution in [0.5, 0.6) is 0 Å². The molecule has 0 radical (unpaired) electrons. The van der Waals surface area contributed by atoms with Crippen molar-refractivity contribution in [2.45, 2.75) is 45.8 Å².